The van der Waals surface area contributed by atoms with Gasteiger partial charge in [-0.3, -0.25) is 4.57 Å². The highest BCUT2D eigenvalue weighted by Gasteiger charge is 2.16. The molecule has 0 aliphatic heterocycles. The Balaban J connectivity index is 0.00000306. The maximum atomic E-state index is 12.2. The van der Waals surface area contributed by atoms with Crippen LogP contribution < -0.4 is 0 Å². The van der Waals surface area contributed by atoms with E-state index in [4.69, 9.17) is 17.0 Å². The van der Waals surface area contributed by atoms with E-state index >= 15 is 0 Å². The predicted molar refractivity (Wildman–Crippen MR) is 133 cm³/mol. The zero-order chi connectivity index (χ0) is 22.9. The van der Waals surface area contributed by atoms with Gasteiger partial charge in [0.05, 0.1) is 21.4 Å². The van der Waals surface area contributed by atoms with Crippen molar-refractivity contribution in [1.82, 2.24) is 9.55 Å². The maximum Gasteiger partial charge on any atom is 0.178 e. The zero-order valence-corrected chi connectivity index (χ0v) is 19.8. The molecule has 1 heterocycles. The van der Waals surface area contributed by atoms with E-state index in [0.717, 1.165) is 22.4 Å². The van der Waals surface area contributed by atoms with E-state index in [0.29, 0.717) is 27.1 Å². The Morgan fingerprint density at radius 2 is 1.70 bits per heavy atom. The molecule has 0 amide bonds. The molecular formula is C25H24ClN3O3S. The maximum absolute atomic E-state index is 12.2. The number of aromatic nitrogens is 2. The minimum Gasteiger partial charge on any atom is -0.412 e. The van der Waals surface area contributed by atoms with Gasteiger partial charge >= 0.3 is 0 Å². The van der Waals surface area contributed by atoms with Crippen molar-refractivity contribution in [3.63, 3.8) is 0 Å². The fourth-order valence-corrected chi connectivity index (χ4v) is 4.59. The van der Waals surface area contributed by atoms with Crippen LogP contribution in [0.5, 0.6) is 0 Å². The fourth-order valence-electron chi connectivity index (χ4n) is 3.44. The first-order valence-corrected chi connectivity index (χ1v) is 12.2. The molecule has 0 radical (unpaired) electrons. The minimum atomic E-state index is -3.27. The topological polar surface area (TPSA) is 107 Å². The summed E-state index contributed by atoms with van der Waals surface area (Å²) >= 11 is 6.42. The third-order valence-electron chi connectivity index (χ3n) is 5.26. The van der Waals surface area contributed by atoms with Crippen LogP contribution in [0.3, 0.4) is 0 Å². The van der Waals surface area contributed by atoms with Crippen LogP contribution in [0.25, 0.3) is 28.2 Å². The molecule has 170 valence electrons. The van der Waals surface area contributed by atoms with Crippen molar-refractivity contribution in [3.05, 3.63) is 89.7 Å². The van der Waals surface area contributed by atoms with Crippen LogP contribution in [0, 0.1) is 5.41 Å². The molecule has 0 aliphatic rings. The van der Waals surface area contributed by atoms with Crippen LogP contribution in [0.2, 0.25) is 5.02 Å². The molecule has 6 nitrogen and oxygen atoms in total. The largest absolute Gasteiger partial charge is 0.412 e. The lowest BCUT2D eigenvalue weighted by Crippen LogP contribution is -2.03. The molecule has 0 atom stereocenters. The number of nitrogens with one attached hydrogen (secondary N) is 1. The average molecular weight is 482 g/mol. The zero-order valence-electron chi connectivity index (χ0n) is 18.2. The average Bonchev–Trinajstić information content (AvgIpc) is 3.25. The molecule has 1 aromatic heterocycles. The van der Waals surface area contributed by atoms with Crippen LogP contribution >= 0.6 is 11.6 Å². The Morgan fingerprint density at radius 1 is 1.00 bits per heavy atom. The van der Waals surface area contributed by atoms with E-state index in [1.165, 1.54) is 0 Å². The first-order chi connectivity index (χ1) is 15.3. The molecule has 8 heteroatoms. The van der Waals surface area contributed by atoms with Gasteiger partial charge in [0, 0.05) is 17.4 Å². The van der Waals surface area contributed by atoms with Crippen LogP contribution in [-0.2, 0) is 9.84 Å². The fraction of sp³-hybridized carbons (Fsp3) is 0.120. The van der Waals surface area contributed by atoms with Gasteiger partial charge in [0.15, 0.2) is 9.84 Å². The number of sulfone groups is 1. The summed E-state index contributed by atoms with van der Waals surface area (Å²) in [5.74, 6) is 0.719. The molecule has 0 spiro atoms. The van der Waals surface area contributed by atoms with Gasteiger partial charge in [-0.15, -0.1) is 0 Å². The molecule has 3 aromatic carbocycles. The van der Waals surface area contributed by atoms with Gasteiger partial charge in [-0.25, -0.2) is 13.4 Å². The number of imidazole rings is 1. The number of halogens is 1. The summed E-state index contributed by atoms with van der Waals surface area (Å²) in [4.78, 5) is 4.96. The second-order valence-electron chi connectivity index (χ2n) is 7.40. The molecule has 0 fully saturated rings. The number of hydrogen-bond acceptors (Lipinski definition) is 4. The molecule has 4 rings (SSSR count). The number of benzene rings is 3. The van der Waals surface area contributed by atoms with E-state index in [1.54, 1.807) is 32.0 Å². The van der Waals surface area contributed by atoms with Crippen molar-refractivity contribution in [2.45, 2.75) is 18.7 Å². The van der Waals surface area contributed by atoms with Crippen LogP contribution in [0.15, 0.2) is 83.9 Å². The monoisotopic (exact) mass is 481 g/mol. The molecule has 3 N–H and O–H groups in total. The molecule has 33 heavy (non-hydrogen) atoms. The molecule has 0 saturated heterocycles. The second kappa shape index (κ2) is 9.70. The van der Waals surface area contributed by atoms with Crippen molar-refractivity contribution in [1.29, 1.82) is 5.41 Å². The van der Waals surface area contributed by atoms with Crippen molar-refractivity contribution in [2.75, 3.05) is 5.75 Å². The molecule has 0 bridgehead atoms. The molecule has 0 unspecified atom stereocenters. The van der Waals surface area contributed by atoms with E-state index in [1.807, 2.05) is 65.4 Å². The van der Waals surface area contributed by atoms with Crippen LogP contribution in [0.1, 0.15) is 19.5 Å². The molecule has 0 saturated carbocycles. The number of hydrogen-bond donors (Lipinski definition) is 1. The summed E-state index contributed by atoms with van der Waals surface area (Å²) in [6.07, 6.45) is 1.82. The van der Waals surface area contributed by atoms with Crippen LogP contribution in [-0.4, -0.2) is 34.9 Å². The van der Waals surface area contributed by atoms with E-state index in [-0.39, 0.29) is 11.2 Å². The Labute approximate surface area is 198 Å². The van der Waals surface area contributed by atoms with Gasteiger partial charge in [0.2, 0.25) is 0 Å². The van der Waals surface area contributed by atoms with Crippen molar-refractivity contribution in [2.24, 2.45) is 0 Å². The standard InChI is InChI=1S/C25H22ClN3O2S.H2O/c1-3-32(30,31)21-8-6-7-19(15-21)18-11-13-20(14-12-18)29-16-24(17(2)27)28-25(29)22-9-4-5-10-23(22)26;/h4-16,27H,3H2,1-2H3;1H2. The van der Waals surface area contributed by atoms with Gasteiger partial charge in [-0.2, -0.15) is 0 Å². The van der Waals surface area contributed by atoms with E-state index in [2.05, 4.69) is 4.98 Å². The number of rotatable bonds is 6. The summed E-state index contributed by atoms with van der Waals surface area (Å²) in [5.41, 5.74) is 4.32. The minimum absolute atomic E-state index is 0. The van der Waals surface area contributed by atoms with E-state index < -0.39 is 9.84 Å². The third kappa shape index (κ3) is 4.90. The quantitative estimate of drug-likeness (QED) is 0.381. The summed E-state index contributed by atoms with van der Waals surface area (Å²) in [5, 5.41) is 8.58. The van der Waals surface area contributed by atoms with Gasteiger partial charge in [-0.05, 0) is 54.4 Å². The lowest BCUT2D eigenvalue weighted by Gasteiger charge is -2.11. The third-order valence-corrected chi connectivity index (χ3v) is 7.32. The van der Waals surface area contributed by atoms with Crippen molar-refractivity contribution in [3.8, 4) is 28.2 Å². The highest BCUT2D eigenvalue weighted by molar-refractivity contribution is 7.91. The molecular weight excluding hydrogens is 458 g/mol. The second-order valence-corrected chi connectivity index (χ2v) is 10.1. The normalized spacial score (nSPS) is 11.1. The number of nitrogens with zero attached hydrogens (tertiary/aromatic N) is 2. The van der Waals surface area contributed by atoms with E-state index in [9.17, 15) is 8.42 Å². The van der Waals surface area contributed by atoms with Crippen LogP contribution in [0.4, 0.5) is 0 Å². The SMILES string of the molecule is CCS(=O)(=O)c1cccc(-c2ccc(-n3cc(C(C)=N)nc3-c3ccccc3Cl)cc2)c1.O. The summed E-state index contributed by atoms with van der Waals surface area (Å²) in [7, 11) is -3.27. The van der Waals surface area contributed by atoms with Gasteiger partial charge in [0.1, 0.15) is 11.5 Å². The summed E-state index contributed by atoms with van der Waals surface area (Å²) in [6, 6.07) is 22.2. The summed E-state index contributed by atoms with van der Waals surface area (Å²) < 4.78 is 26.4. The smallest absolute Gasteiger partial charge is 0.178 e. The molecule has 4 aromatic rings. The first-order valence-electron chi connectivity index (χ1n) is 10.1. The first kappa shape index (κ1) is 24.4. The highest BCUT2D eigenvalue weighted by atomic mass is 35.5. The predicted octanol–water partition coefficient (Wildman–Crippen LogP) is 5.22. The lowest BCUT2D eigenvalue weighted by molar-refractivity contribution is 0.597. The highest BCUT2D eigenvalue weighted by Crippen LogP contribution is 2.30. The van der Waals surface area contributed by atoms with Crippen molar-refractivity contribution < 1.29 is 13.9 Å². The molecule has 0 aliphatic carbocycles. The Bertz CT molecular complexity index is 1410. The van der Waals surface area contributed by atoms with Gasteiger partial charge in [-0.1, -0.05) is 54.9 Å². The Kier molecular flexibility index (Phi) is 7.17. The van der Waals surface area contributed by atoms with Gasteiger partial charge in [0.25, 0.3) is 0 Å². The van der Waals surface area contributed by atoms with Crippen molar-refractivity contribution >= 4 is 27.1 Å². The Hall–Kier alpha value is -3.26. The Morgan fingerprint density at radius 3 is 2.33 bits per heavy atom. The summed E-state index contributed by atoms with van der Waals surface area (Å²) in [6.45, 7) is 3.34. The van der Waals surface area contributed by atoms with Gasteiger partial charge < -0.3 is 10.9 Å². The lowest BCUT2D eigenvalue weighted by atomic mass is 10.1.